The van der Waals surface area contributed by atoms with Gasteiger partial charge in [-0.25, -0.2) is 19.2 Å². The van der Waals surface area contributed by atoms with Crippen LogP contribution in [0.25, 0.3) is 5.65 Å². The van der Waals surface area contributed by atoms with Gasteiger partial charge in [0.1, 0.15) is 22.3 Å². The summed E-state index contributed by atoms with van der Waals surface area (Å²) in [6, 6.07) is 4.66. The summed E-state index contributed by atoms with van der Waals surface area (Å²) in [6.07, 6.45) is 2.02. The van der Waals surface area contributed by atoms with Crippen LogP contribution >= 0.6 is 23.2 Å². The molecule has 186 valence electrons. The molecule has 1 spiro atoms. The van der Waals surface area contributed by atoms with Gasteiger partial charge in [-0.1, -0.05) is 37.0 Å². The van der Waals surface area contributed by atoms with Crippen molar-refractivity contribution < 1.29 is 14.3 Å². The maximum Gasteiger partial charge on any atom is 0.356 e. The topological polar surface area (TPSA) is 99.8 Å². The van der Waals surface area contributed by atoms with Crippen LogP contribution in [-0.4, -0.2) is 44.2 Å². The van der Waals surface area contributed by atoms with E-state index in [-0.39, 0.29) is 34.1 Å². The first-order valence-electron chi connectivity index (χ1n) is 11.3. The van der Waals surface area contributed by atoms with Gasteiger partial charge < -0.3 is 15.3 Å². The lowest BCUT2D eigenvalue weighted by Crippen LogP contribution is -2.52. The average molecular weight is 522 g/mol. The molecule has 0 radical (unpaired) electrons. The van der Waals surface area contributed by atoms with E-state index in [1.165, 1.54) is 22.7 Å². The Hall–Kier alpha value is -2.91. The number of aromatic carboxylic acids is 1. The zero-order chi connectivity index (χ0) is 25.7. The van der Waals surface area contributed by atoms with Gasteiger partial charge in [-0.15, -0.1) is 0 Å². The van der Waals surface area contributed by atoms with Crippen LogP contribution in [0.15, 0.2) is 29.2 Å². The zero-order valence-electron chi connectivity index (χ0n) is 19.8. The van der Waals surface area contributed by atoms with E-state index in [1.807, 2.05) is 18.7 Å². The number of nitrogens with zero attached hydrogens (tertiary/aromatic N) is 4. The maximum absolute atomic E-state index is 14.3. The Morgan fingerprint density at radius 3 is 2.51 bits per heavy atom. The summed E-state index contributed by atoms with van der Waals surface area (Å²) in [4.78, 5) is 35.1. The van der Waals surface area contributed by atoms with E-state index in [1.54, 1.807) is 19.9 Å². The largest absolute Gasteiger partial charge is 0.476 e. The van der Waals surface area contributed by atoms with Crippen LogP contribution in [-0.2, 0) is 6.54 Å². The summed E-state index contributed by atoms with van der Waals surface area (Å²) in [7, 11) is 0. The number of anilines is 2. The van der Waals surface area contributed by atoms with Crippen molar-refractivity contribution in [3.8, 4) is 0 Å². The highest BCUT2D eigenvalue weighted by Crippen LogP contribution is 2.64. The number of nitrogens with one attached hydrogen (secondary N) is 1. The molecular formula is C24H26Cl2FN5O3. The number of carbonyl (C=O) groups is 1. The predicted molar refractivity (Wildman–Crippen MR) is 135 cm³/mol. The summed E-state index contributed by atoms with van der Waals surface area (Å²) in [5.74, 6) is -0.703. The fraction of sp³-hybridized carbons (Fsp3) is 0.417. The molecule has 2 fully saturated rings. The molecule has 0 bridgehead atoms. The Kier molecular flexibility index (Phi) is 6.44. The summed E-state index contributed by atoms with van der Waals surface area (Å²) in [6.45, 7) is 8.48. The third-order valence-electron chi connectivity index (χ3n) is 6.64. The van der Waals surface area contributed by atoms with Crippen LogP contribution in [0.3, 0.4) is 0 Å². The fourth-order valence-electron chi connectivity index (χ4n) is 4.58. The fourth-order valence-corrected chi connectivity index (χ4v) is 4.96. The summed E-state index contributed by atoms with van der Waals surface area (Å²) in [5.41, 5.74) is -0.301. The molecule has 5 rings (SSSR count). The molecule has 1 unspecified atom stereocenters. The first kappa shape index (κ1) is 25.2. The highest BCUT2D eigenvalue weighted by Gasteiger charge is 2.71. The van der Waals surface area contributed by atoms with Crippen LogP contribution in [0, 0.1) is 12.3 Å². The molecule has 2 aliphatic rings. The Labute approximate surface area is 211 Å². The van der Waals surface area contributed by atoms with Gasteiger partial charge in [-0.3, -0.25) is 9.20 Å². The second-order valence-electron chi connectivity index (χ2n) is 8.94. The van der Waals surface area contributed by atoms with Crippen molar-refractivity contribution in [2.75, 3.05) is 23.3 Å². The molecule has 0 aromatic carbocycles. The first-order chi connectivity index (χ1) is 16.5. The standard InChI is InChI=1S/C22H20Cl2FN5O3.C2H6/c1-11-17(29-9-22(10-29)8-21(22,2)25)28-18-12(5-13(23)7-30(18)19(11)31)6-26-14-3-4-15(24)27-16(14)20(32)33;1-2/h3-5,7,26H,6,8-10H2,1-2H3,(H,32,33);1-2H3. The average Bonchev–Trinajstić information content (AvgIpc) is 3.38. The molecule has 11 heteroatoms. The number of carboxylic acid groups (broad SMARTS) is 1. The van der Waals surface area contributed by atoms with E-state index in [0.29, 0.717) is 47.1 Å². The van der Waals surface area contributed by atoms with Crippen LogP contribution in [0.4, 0.5) is 15.9 Å². The number of hydrogen-bond donors (Lipinski definition) is 2. The van der Waals surface area contributed by atoms with Crippen molar-refractivity contribution in [2.45, 2.75) is 46.3 Å². The van der Waals surface area contributed by atoms with E-state index in [4.69, 9.17) is 28.2 Å². The van der Waals surface area contributed by atoms with E-state index in [0.717, 1.165) is 0 Å². The van der Waals surface area contributed by atoms with Crippen molar-refractivity contribution in [1.82, 2.24) is 14.4 Å². The molecule has 1 aliphatic carbocycles. The number of carboxylic acids is 1. The van der Waals surface area contributed by atoms with E-state index in [9.17, 15) is 19.1 Å². The lowest BCUT2D eigenvalue weighted by molar-refractivity contribution is 0.0691. The van der Waals surface area contributed by atoms with Crippen molar-refractivity contribution >= 4 is 46.3 Å². The monoisotopic (exact) mass is 521 g/mol. The smallest absolute Gasteiger partial charge is 0.356 e. The highest BCUT2D eigenvalue weighted by molar-refractivity contribution is 6.30. The molecule has 1 saturated carbocycles. The summed E-state index contributed by atoms with van der Waals surface area (Å²) in [5, 5.41) is 12.8. The number of halogens is 3. The third kappa shape index (κ3) is 4.31. The molecule has 35 heavy (non-hydrogen) atoms. The molecule has 8 nitrogen and oxygen atoms in total. The molecule has 2 N–H and O–H groups in total. The molecule has 4 heterocycles. The lowest BCUT2D eigenvalue weighted by atomic mass is 9.92. The van der Waals surface area contributed by atoms with Gasteiger partial charge in [0, 0.05) is 36.8 Å². The van der Waals surface area contributed by atoms with E-state index >= 15 is 0 Å². The lowest BCUT2D eigenvalue weighted by Gasteiger charge is -2.42. The molecule has 1 atom stereocenters. The Balaban J connectivity index is 0.00000141. The van der Waals surface area contributed by atoms with E-state index in [2.05, 4.69) is 10.3 Å². The molecule has 3 aromatic rings. The van der Waals surface area contributed by atoms with Gasteiger partial charge >= 0.3 is 5.97 Å². The number of hydrogen-bond acceptors (Lipinski definition) is 6. The van der Waals surface area contributed by atoms with Crippen molar-refractivity contribution in [2.24, 2.45) is 5.41 Å². The van der Waals surface area contributed by atoms with Gasteiger partial charge in [0.25, 0.3) is 5.56 Å². The second-order valence-corrected chi connectivity index (χ2v) is 9.77. The number of aromatic nitrogens is 3. The minimum atomic E-state index is -1.23. The molecule has 1 saturated heterocycles. The van der Waals surface area contributed by atoms with Crippen LogP contribution in [0.5, 0.6) is 0 Å². The Morgan fingerprint density at radius 1 is 1.26 bits per heavy atom. The van der Waals surface area contributed by atoms with Gasteiger partial charge in [0.2, 0.25) is 0 Å². The van der Waals surface area contributed by atoms with Gasteiger partial charge in [-0.2, -0.15) is 0 Å². The van der Waals surface area contributed by atoms with Crippen molar-refractivity contribution in [3.05, 3.63) is 61.7 Å². The normalized spacial score (nSPS) is 19.7. The molecule has 1 aliphatic heterocycles. The van der Waals surface area contributed by atoms with Crippen LogP contribution in [0.2, 0.25) is 10.2 Å². The van der Waals surface area contributed by atoms with Crippen molar-refractivity contribution in [3.63, 3.8) is 0 Å². The highest BCUT2D eigenvalue weighted by atomic mass is 35.5. The third-order valence-corrected chi connectivity index (χ3v) is 7.05. The first-order valence-corrected chi connectivity index (χ1v) is 12.1. The minimum absolute atomic E-state index is 0.0619. The number of alkyl halides is 1. The van der Waals surface area contributed by atoms with E-state index < -0.39 is 11.6 Å². The summed E-state index contributed by atoms with van der Waals surface area (Å²) >= 11 is 12.1. The van der Waals surface area contributed by atoms with Crippen LogP contribution in [0.1, 0.15) is 48.8 Å². The molecule has 0 amide bonds. The molecular weight excluding hydrogens is 496 g/mol. The van der Waals surface area contributed by atoms with Crippen molar-refractivity contribution in [1.29, 1.82) is 0 Å². The Morgan fingerprint density at radius 2 is 1.91 bits per heavy atom. The molecule has 3 aromatic heterocycles. The number of rotatable bonds is 5. The van der Waals surface area contributed by atoms with Gasteiger partial charge in [0.05, 0.1) is 16.3 Å². The van der Waals surface area contributed by atoms with Gasteiger partial charge in [0.15, 0.2) is 5.69 Å². The summed E-state index contributed by atoms with van der Waals surface area (Å²) < 4.78 is 15.7. The zero-order valence-corrected chi connectivity index (χ0v) is 21.3. The second kappa shape index (κ2) is 8.95. The quantitative estimate of drug-likeness (QED) is 0.456. The maximum atomic E-state index is 14.3. The SMILES string of the molecule is CC.Cc1c(N2CC3(C2)CC3(C)F)nc2c(CNc3ccc(Cl)nc3C(=O)O)cc(Cl)cn2c1=O. The number of pyridine rings is 2. The Bertz CT molecular complexity index is 1390. The van der Waals surface area contributed by atoms with Gasteiger partial charge in [-0.05, 0) is 38.5 Å². The van der Waals surface area contributed by atoms with Crippen LogP contribution < -0.4 is 15.8 Å². The number of fused-ring (bicyclic) bond motifs is 1. The predicted octanol–water partition coefficient (Wildman–Crippen LogP) is 4.98. The minimum Gasteiger partial charge on any atom is -0.476 e.